The van der Waals surface area contributed by atoms with Gasteiger partial charge < -0.3 is 5.11 Å². The van der Waals surface area contributed by atoms with E-state index in [9.17, 15) is 9.90 Å². The molecule has 0 amide bonds. The number of hydrogen-bond donors (Lipinski definition) is 1. The van der Waals surface area contributed by atoms with Crippen LogP contribution in [0.1, 0.15) is 22.6 Å². The van der Waals surface area contributed by atoms with Crippen molar-refractivity contribution in [2.45, 2.75) is 19.3 Å². The van der Waals surface area contributed by atoms with E-state index in [1.165, 1.54) is 5.56 Å². The summed E-state index contributed by atoms with van der Waals surface area (Å²) in [6.07, 6.45) is 0.506. The van der Waals surface area contributed by atoms with Gasteiger partial charge in [0.15, 0.2) is 0 Å². The molecule has 2 nitrogen and oxygen atoms in total. The van der Waals surface area contributed by atoms with Crippen LogP contribution in [0.3, 0.4) is 0 Å². The maximum atomic E-state index is 11.5. The molecule has 19 heavy (non-hydrogen) atoms. The van der Waals surface area contributed by atoms with Crippen LogP contribution in [0.2, 0.25) is 0 Å². The van der Waals surface area contributed by atoms with Gasteiger partial charge in [0, 0.05) is 4.47 Å². The molecule has 0 spiro atoms. The van der Waals surface area contributed by atoms with E-state index in [-0.39, 0.29) is 0 Å². The van der Waals surface area contributed by atoms with E-state index in [2.05, 4.69) is 15.9 Å². The molecule has 0 heterocycles. The summed E-state index contributed by atoms with van der Waals surface area (Å²) < 4.78 is 0.903. The lowest BCUT2D eigenvalue weighted by Crippen LogP contribution is -2.14. The zero-order chi connectivity index (χ0) is 13.8. The number of carboxylic acids is 1. The number of benzene rings is 2. The lowest BCUT2D eigenvalue weighted by atomic mass is 9.92. The second kappa shape index (κ2) is 6.02. The molecule has 0 bridgehead atoms. The molecule has 1 atom stereocenters. The van der Waals surface area contributed by atoms with E-state index in [1.807, 2.05) is 55.5 Å². The van der Waals surface area contributed by atoms with E-state index in [0.717, 1.165) is 15.6 Å². The third-order valence-corrected chi connectivity index (χ3v) is 3.60. The maximum Gasteiger partial charge on any atom is 0.311 e. The average molecular weight is 319 g/mol. The first kappa shape index (κ1) is 13.8. The number of carboxylic acid groups (broad SMARTS) is 1. The topological polar surface area (TPSA) is 37.3 Å². The number of halogens is 1. The zero-order valence-electron chi connectivity index (χ0n) is 10.6. The van der Waals surface area contributed by atoms with Crippen molar-refractivity contribution in [3.05, 3.63) is 69.7 Å². The molecular formula is C16H15BrO2. The van der Waals surface area contributed by atoms with Gasteiger partial charge in [-0.1, -0.05) is 57.9 Å². The highest BCUT2D eigenvalue weighted by atomic mass is 79.9. The number of rotatable bonds is 4. The predicted octanol–water partition coefficient (Wildman–Crippen LogP) is 4.17. The van der Waals surface area contributed by atoms with E-state index < -0.39 is 11.9 Å². The molecule has 98 valence electrons. The molecule has 0 saturated carbocycles. The van der Waals surface area contributed by atoms with Gasteiger partial charge in [0.2, 0.25) is 0 Å². The van der Waals surface area contributed by atoms with Gasteiger partial charge in [-0.3, -0.25) is 4.79 Å². The molecule has 0 aromatic heterocycles. The minimum Gasteiger partial charge on any atom is -0.481 e. The van der Waals surface area contributed by atoms with E-state index in [1.54, 1.807) is 0 Å². The number of carbonyl (C=O) groups is 1. The Hall–Kier alpha value is -1.61. The first-order chi connectivity index (χ1) is 9.06. The Morgan fingerprint density at radius 1 is 1.21 bits per heavy atom. The third kappa shape index (κ3) is 3.67. The standard InChI is InChI=1S/C16H15BrO2/c1-11-5-7-12(8-6-11)9-15(16(18)19)13-3-2-4-14(17)10-13/h2-8,10,15H,9H2,1H3,(H,18,19). The smallest absolute Gasteiger partial charge is 0.311 e. The molecule has 2 rings (SSSR count). The maximum absolute atomic E-state index is 11.5. The molecular weight excluding hydrogens is 304 g/mol. The summed E-state index contributed by atoms with van der Waals surface area (Å²) in [5.41, 5.74) is 3.04. The molecule has 0 saturated heterocycles. The highest BCUT2D eigenvalue weighted by Gasteiger charge is 2.20. The van der Waals surface area contributed by atoms with Crippen LogP contribution in [-0.2, 0) is 11.2 Å². The van der Waals surface area contributed by atoms with E-state index in [0.29, 0.717) is 6.42 Å². The van der Waals surface area contributed by atoms with Crippen LogP contribution in [-0.4, -0.2) is 11.1 Å². The molecule has 0 aliphatic carbocycles. The highest BCUT2D eigenvalue weighted by Crippen LogP contribution is 2.24. The van der Waals surface area contributed by atoms with E-state index in [4.69, 9.17) is 0 Å². The van der Waals surface area contributed by atoms with Gasteiger partial charge in [0.1, 0.15) is 0 Å². The summed E-state index contributed by atoms with van der Waals surface area (Å²) in [5, 5.41) is 9.42. The van der Waals surface area contributed by atoms with Crippen LogP contribution >= 0.6 is 15.9 Å². The van der Waals surface area contributed by atoms with Crippen molar-refractivity contribution in [3.63, 3.8) is 0 Å². The average Bonchev–Trinajstić information content (AvgIpc) is 2.37. The van der Waals surface area contributed by atoms with Crippen molar-refractivity contribution in [1.29, 1.82) is 0 Å². The van der Waals surface area contributed by atoms with Crippen LogP contribution in [0.4, 0.5) is 0 Å². The van der Waals surface area contributed by atoms with Crippen molar-refractivity contribution < 1.29 is 9.90 Å². The molecule has 0 fully saturated rings. The van der Waals surface area contributed by atoms with Crippen molar-refractivity contribution in [1.82, 2.24) is 0 Å². The van der Waals surface area contributed by atoms with Crippen LogP contribution in [0.15, 0.2) is 53.0 Å². The van der Waals surface area contributed by atoms with Gasteiger partial charge in [0.25, 0.3) is 0 Å². The summed E-state index contributed by atoms with van der Waals surface area (Å²) in [6, 6.07) is 15.5. The van der Waals surface area contributed by atoms with Crippen LogP contribution < -0.4 is 0 Å². The molecule has 1 N–H and O–H groups in total. The van der Waals surface area contributed by atoms with Crippen LogP contribution in [0.25, 0.3) is 0 Å². The normalized spacial score (nSPS) is 12.1. The Labute approximate surface area is 121 Å². The fourth-order valence-corrected chi connectivity index (χ4v) is 2.45. The summed E-state index contributed by atoms with van der Waals surface area (Å²) in [5.74, 6) is -1.31. The third-order valence-electron chi connectivity index (χ3n) is 3.11. The summed E-state index contributed by atoms with van der Waals surface area (Å²) in [4.78, 5) is 11.5. The molecule has 0 radical (unpaired) electrons. The Kier molecular flexibility index (Phi) is 4.38. The molecule has 1 unspecified atom stereocenters. The van der Waals surface area contributed by atoms with Crippen LogP contribution in [0.5, 0.6) is 0 Å². The van der Waals surface area contributed by atoms with Crippen molar-refractivity contribution in [2.24, 2.45) is 0 Å². The summed E-state index contributed by atoms with van der Waals surface area (Å²) >= 11 is 3.38. The lowest BCUT2D eigenvalue weighted by Gasteiger charge is -2.13. The van der Waals surface area contributed by atoms with Gasteiger partial charge >= 0.3 is 5.97 Å². The quantitative estimate of drug-likeness (QED) is 0.918. The zero-order valence-corrected chi connectivity index (χ0v) is 12.2. The lowest BCUT2D eigenvalue weighted by molar-refractivity contribution is -0.138. The fraction of sp³-hybridized carbons (Fsp3) is 0.188. The SMILES string of the molecule is Cc1ccc(CC(C(=O)O)c2cccc(Br)c2)cc1. The Bertz CT molecular complexity index is 576. The first-order valence-electron chi connectivity index (χ1n) is 6.10. The number of aryl methyl sites for hydroxylation is 1. The molecule has 2 aromatic rings. The van der Waals surface area contributed by atoms with Crippen molar-refractivity contribution >= 4 is 21.9 Å². The molecule has 3 heteroatoms. The monoisotopic (exact) mass is 318 g/mol. The Morgan fingerprint density at radius 2 is 1.89 bits per heavy atom. The van der Waals surface area contributed by atoms with Gasteiger partial charge in [-0.25, -0.2) is 0 Å². The molecule has 0 aliphatic heterocycles. The van der Waals surface area contributed by atoms with E-state index >= 15 is 0 Å². The minimum atomic E-state index is -0.793. The second-order valence-electron chi connectivity index (χ2n) is 4.64. The number of hydrogen-bond acceptors (Lipinski definition) is 1. The fourth-order valence-electron chi connectivity index (χ4n) is 2.03. The largest absolute Gasteiger partial charge is 0.481 e. The Morgan fingerprint density at radius 3 is 2.47 bits per heavy atom. The van der Waals surface area contributed by atoms with Crippen LogP contribution in [0, 0.1) is 6.92 Å². The number of aliphatic carboxylic acids is 1. The molecule has 0 aliphatic rings. The van der Waals surface area contributed by atoms with Gasteiger partial charge in [-0.15, -0.1) is 0 Å². The summed E-state index contributed by atoms with van der Waals surface area (Å²) in [6.45, 7) is 2.02. The van der Waals surface area contributed by atoms with Gasteiger partial charge in [0.05, 0.1) is 5.92 Å². The predicted molar refractivity (Wildman–Crippen MR) is 79.4 cm³/mol. The van der Waals surface area contributed by atoms with Crippen molar-refractivity contribution in [2.75, 3.05) is 0 Å². The van der Waals surface area contributed by atoms with Gasteiger partial charge in [-0.05, 0) is 36.6 Å². The van der Waals surface area contributed by atoms with Crippen molar-refractivity contribution in [3.8, 4) is 0 Å². The minimum absolute atomic E-state index is 0.506. The Balaban J connectivity index is 2.26. The first-order valence-corrected chi connectivity index (χ1v) is 6.89. The molecule has 2 aromatic carbocycles. The second-order valence-corrected chi connectivity index (χ2v) is 5.55. The highest BCUT2D eigenvalue weighted by molar-refractivity contribution is 9.10. The van der Waals surface area contributed by atoms with Gasteiger partial charge in [-0.2, -0.15) is 0 Å². The summed E-state index contributed by atoms with van der Waals surface area (Å²) in [7, 11) is 0.